The summed E-state index contributed by atoms with van der Waals surface area (Å²) in [6.45, 7) is 9.41. The number of nitrogens with zero attached hydrogens (tertiary/aromatic N) is 5. The van der Waals surface area contributed by atoms with Crippen molar-refractivity contribution in [2.45, 2.75) is 65.2 Å². The third kappa shape index (κ3) is 3.86. The molecule has 178 valence electrons. The van der Waals surface area contributed by atoms with E-state index in [1.807, 2.05) is 16.7 Å². The molecule has 2 saturated heterocycles. The Kier molecular flexibility index (Phi) is 5.90. The molecule has 2 fully saturated rings. The smallest absolute Gasteiger partial charge is 0.319 e. The van der Waals surface area contributed by atoms with E-state index in [9.17, 15) is 14.0 Å². The summed E-state index contributed by atoms with van der Waals surface area (Å²) in [6.07, 6.45) is 3.28. The Hall–Kier alpha value is -3.01. The molecule has 5 heterocycles. The van der Waals surface area contributed by atoms with E-state index in [4.69, 9.17) is 0 Å². The Morgan fingerprint density at radius 2 is 2.06 bits per heavy atom. The third-order valence-electron chi connectivity index (χ3n) is 7.23. The Labute approximate surface area is 193 Å². The molecule has 3 aliphatic heterocycles. The SMILES string of the molecule is C.CC1c2[nH]nc(NC(=O)c3ccc(F)cn3)c2CN1C(=O)N1C[C@@]2(C)CCCN2C[C@@H]1C. The predicted octanol–water partition coefficient (Wildman–Crippen LogP) is 3.39. The van der Waals surface area contributed by atoms with Crippen LogP contribution >= 0.6 is 0 Å². The van der Waals surface area contributed by atoms with Crippen LogP contribution in [0.15, 0.2) is 18.3 Å². The van der Waals surface area contributed by atoms with E-state index < -0.39 is 11.7 Å². The number of amides is 3. The second-order valence-electron chi connectivity index (χ2n) is 9.39. The molecule has 0 spiro atoms. The first-order valence-corrected chi connectivity index (χ1v) is 11.1. The first-order chi connectivity index (χ1) is 15.3. The zero-order valence-corrected chi connectivity index (χ0v) is 18.6. The number of carbonyl (C=O) groups excluding carboxylic acids is 2. The topological polar surface area (TPSA) is 97.5 Å². The number of halogens is 1. The molecule has 0 saturated carbocycles. The number of anilines is 1. The third-order valence-corrected chi connectivity index (χ3v) is 7.23. The van der Waals surface area contributed by atoms with Crippen LogP contribution in [0.1, 0.15) is 68.8 Å². The molecule has 3 aliphatic rings. The van der Waals surface area contributed by atoms with Gasteiger partial charge in [-0.2, -0.15) is 5.10 Å². The second-order valence-corrected chi connectivity index (χ2v) is 9.39. The van der Waals surface area contributed by atoms with Gasteiger partial charge in [-0.3, -0.25) is 14.8 Å². The van der Waals surface area contributed by atoms with Crippen LogP contribution in [0, 0.1) is 5.82 Å². The molecule has 0 aromatic carbocycles. The highest BCUT2D eigenvalue weighted by molar-refractivity contribution is 6.02. The molecule has 2 N–H and O–H groups in total. The minimum absolute atomic E-state index is 0. The van der Waals surface area contributed by atoms with Gasteiger partial charge in [-0.15, -0.1) is 0 Å². The van der Waals surface area contributed by atoms with E-state index in [0.29, 0.717) is 12.4 Å². The van der Waals surface area contributed by atoms with Gasteiger partial charge >= 0.3 is 6.03 Å². The Balaban J connectivity index is 0.00000259. The van der Waals surface area contributed by atoms with Gasteiger partial charge in [0.05, 0.1) is 24.5 Å². The van der Waals surface area contributed by atoms with Crippen LogP contribution in [-0.4, -0.2) is 73.0 Å². The van der Waals surface area contributed by atoms with Gasteiger partial charge < -0.3 is 15.1 Å². The standard InChI is InChI=1S/C22H28FN7O2.CH4/c1-13-10-28-8-4-7-22(28,3)12-30(13)21(32)29-11-16-18(14(29)2)26-27-19(16)25-20(31)17-6-5-15(23)9-24-17;/h5-6,9,13-14H,4,7-8,10-12H2,1-3H3,(H2,25,26,27,31);1H4/t13-,14?,22+;/m0./s1. The number of urea groups is 1. The van der Waals surface area contributed by atoms with Crippen LogP contribution in [0.2, 0.25) is 0 Å². The monoisotopic (exact) mass is 457 g/mol. The number of aromatic amines is 1. The van der Waals surface area contributed by atoms with Gasteiger partial charge in [0.1, 0.15) is 11.5 Å². The van der Waals surface area contributed by atoms with E-state index in [0.717, 1.165) is 43.5 Å². The van der Waals surface area contributed by atoms with Crippen molar-refractivity contribution in [1.82, 2.24) is 29.9 Å². The van der Waals surface area contributed by atoms with E-state index in [1.54, 1.807) is 0 Å². The van der Waals surface area contributed by atoms with Crippen molar-refractivity contribution in [3.63, 3.8) is 0 Å². The number of pyridine rings is 1. The van der Waals surface area contributed by atoms with Gasteiger partial charge in [-0.25, -0.2) is 14.2 Å². The summed E-state index contributed by atoms with van der Waals surface area (Å²) in [6, 6.07) is 2.48. The summed E-state index contributed by atoms with van der Waals surface area (Å²) in [7, 11) is 0. The number of H-pyrrole nitrogens is 1. The van der Waals surface area contributed by atoms with E-state index in [1.165, 1.54) is 18.6 Å². The minimum Gasteiger partial charge on any atom is -0.319 e. The van der Waals surface area contributed by atoms with Crippen molar-refractivity contribution in [1.29, 1.82) is 0 Å². The maximum absolute atomic E-state index is 13.6. The Morgan fingerprint density at radius 3 is 2.79 bits per heavy atom. The lowest BCUT2D eigenvalue weighted by Crippen LogP contribution is -2.64. The van der Waals surface area contributed by atoms with Crippen molar-refractivity contribution in [3.8, 4) is 0 Å². The van der Waals surface area contributed by atoms with E-state index in [2.05, 4.69) is 39.2 Å². The zero-order valence-electron chi connectivity index (χ0n) is 18.6. The normalized spacial score (nSPS) is 26.5. The van der Waals surface area contributed by atoms with Crippen LogP contribution in [0.4, 0.5) is 15.0 Å². The summed E-state index contributed by atoms with van der Waals surface area (Å²) in [5.74, 6) is -0.610. The quantitative estimate of drug-likeness (QED) is 0.721. The molecule has 2 aromatic rings. The highest BCUT2D eigenvalue weighted by Gasteiger charge is 2.47. The molecule has 0 bridgehead atoms. The number of hydrogen-bond donors (Lipinski definition) is 2. The summed E-state index contributed by atoms with van der Waals surface area (Å²) in [4.78, 5) is 36.2. The Morgan fingerprint density at radius 1 is 1.27 bits per heavy atom. The Bertz CT molecular complexity index is 1060. The van der Waals surface area contributed by atoms with Crippen molar-refractivity contribution in [2.75, 3.05) is 25.0 Å². The number of nitrogens with one attached hydrogen (secondary N) is 2. The van der Waals surface area contributed by atoms with E-state index >= 15 is 0 Å². The predicted molar refractivity (Wildman–Crippen MR) is 122 cm³/mol. The fraction of sp³-hybridized carbons (Fsp3) is 0.565. The molecule has 2 aromatic heterocycles. The molecule has 1 unspecified atom stereocenters. The summed E-state index contributed by atoms with van der Waals surface area (Å²) in [5, 5.41) is 9.95. The highest BCUT2D eigenvalue weighted by Crippen LogP contribution is 2.39. The van der Waals surface area contributed by atoms with Crippen molar-refractivity contribution in [2.24, 2.45) is 0 Å². The number of aromatic nitrogens is 3. The molecule has 0 radical (unpaired) electrons. The first-order valence-electron chi connectivity index (χ1n) is 11.1. The number of fused-ring (bicyclic) bond motifs is 2. The lowest BCUT2D eigenvalue weighted by molar-refractivity contribution is 0.0134. The largest absolute Gasteiger partial charge is 0.321 e. The molecule has 5 rings (SSSR count). The average molecular weight is 458 g/mol. The van der Waals surface area contributed by atoms with Gasteiger partial charge in [0.25, 0.3) is 5.91 Å². The number of hydrogen-bond acceptors (Lipinski definition) is 5. The highest BCUT2D eigenvalue weighted by atomic mass is 19.1. The molecular formula is C23H32FN7O2. The van der Waals surface area contributed by atoms with Crippen LogP contribution in [-0.2, 0) is 6.54 Å². The average Bonchev–Trinajstić information content (AvgIpc) is 3.43. The van der Waals surface area contributed by atoms with Crippen LogP contribution in [0.3, 0.4) is 0 Å². The lowest BCUT2D eigenvalue weighted by atomic mass is 9.94. The second kappa shape index (κ2) is 8.40. The van der Waals surface area contributed by atoms with Crippen molar-refractivity contribution in [3.05, 3.63) is 41.1 Å². The minimum atomic E-state index is -0.508. The van der Waals surface area contributed by atoms with Crippen LogP contribution in [0.25, 0.3) is 0 Å². The first kappa shape index (κ1) is 23.2. The zero-order chi connectivity index (χ0) is 22.6. The molecule has 10 heteroatoms. The van der Waals surface area contributed by atoms with E-state index in [-0.39, 0.29) is 36.8 Å². The van der Waals surface area contributed by atoms with Gasteiger partial charge in [-0.1, -0.05) is 7.43 Å². The fourth-order valence-electron chi connectivity index (χ4n) is 5.30. The number of carbonyl (C=O) groups is 2. The van der Waals surface area contributed by atoms with Crippen LogP contribution in [0.5, 0.6) is 0 Å². The molecule has 0 aliphatic carbocycles. The van der Waals surface area contributed by atoms with Gasteiger partial charge in [-0.05, 0) is 52.3 Å². The summed E-state index contributed by atoms with van der Waals surface area (Å²) < 4.78 is 13.1. The fourth-order valence-corrected chi connectivity index (χ4v) is 5.30. The lowest BCUT2D eigenvalue weighted by Gasteiger charge is -2.49. The maximum atomic E-state index is 13.6. The maximum Gasteiger partial charge on any atom is 0.321 e. The molecule has 33 heavy (non-hydrogen) atoms. The van der Waals surface area contributed by atoms with Crippen molar-refractivity contribution >= 4 is 17.8 Å². The van der Waals surface area contributed by atoms with Crippen molar-refractivity contribution < 1.29 is 14.0 Å². The molecule has 3 amide bonds. The molecular weight excluding hydrogens is 425 g/mol. The van der Waals surface area contributed by atoms with Crippen LogP contribution < -0.4 is 5.32 Å². The number of piperazine rings is 1. The summed E-state index contributed by atoms with van der Waals surface area (Å²) >= 11 is 0. The number of rotatable bonds is 2. The van der Waals surface area contributed by atoms with Gasteiger partial charge in [0.15, 0.2) is 5.82 Å². The molecule has 9 nitrogen and oxygen atoms in total. The molecule has 3 atom stereocenters. The van der Waals surface area contributed by atoms with Gasteiger partial charge in [0, 0.05) is 30.2 Å². The van der Waals surface area contributed by atoms with Gasteiger partial charge in [0.2, 0.25) is 0 Å². The summed E-state index contributed by atoms with van der Waals surface area (Å²) in [5.41, 5.74) is 1.75.